The van der Waals surface area contributed by atoms with Gasteiger partial charge in [0.2, 0.25) is 5.95 Å². The average Bonchev–Trinajstić information content (AvgIpc) is 2.93. The second kappa shape index (κ2) is 7.06. The number of halogens is 1. The summed E-state index contributed by atoms with van der Waals surface area (Å²) in [5.41, 5.74) is 0. The topological polar surface area (TPSA) is 132 Å². The van der Waals surface area contributed by atoms with Crippen LogP contribution in [-0.4, -0.2) is 43.6 Å². The number of urea groups is 1. The van der Waals surface area contributed by atoms with Crippen molar-refractivity contribution in [1.82, 2.24) is 19.7 Å². The SMILES string of the molecule is COc1nc(NC(=O)NS(=O)(=O)c2sccc2Br)nc(OC)n1. The molecule has 2 aromatic heterocycles. The van der Waals surface area contributed by atoms with Crippen LogP contribution >= 0.6 is 27.3 Å². The first-order chi connectivity index (χ1) is 10.9. The summed E-state index contributed by atoms with van der Waals surface area (Å²) in [6.07, 6.45) is 0. The van der Waals surface area contributed by atoms with Crippen LogP contribution in [0, 0.1) is 0 Å². The Hall–Kier alpha value is -1.99. The molecule has 0 radical (unpaired) electrons. The average molecular weight is 424 g/mol. The zero-order valence-corrected chi connectivity index (χ0v) is 15.0. The Bertz CT molecular complexity index is 803. The molecule has 2 N–H and O–H groups in total. The number of hydrogen-bond acceptors (Lipinski definition) is 9. The van der Waals surface area contributed by atoms with Crippen molar-refractivity contribution in [3.63, 3.8) is 0 Å². The smallest absolute Gasteiger partial charge is 0.335 e. The zero-order chi connectivity index (χ0) is 17.0. The van der Waals surface area contributed by atoms with E-state index in [4.69, 9.17) is 9.47 Å². The number of carbonyl (C=O) groups is 1. The monoisotopic (exact) mass is 423 g/mol. The van der Waals surface area contributed by atoms with E-state index >= 15 is 0 Å². The van der Waals surface area contributed by atoms with E-state index in [1.54, 1.807) is 11.4 Å². The number of carbonyl (C=O) groups excluding carboxylic acids is 1. The molecule has 2 aromatic rings. The Morgan fingerprint density at radius 2 is 1.83 bits per heavy atom. The van der Waals surface area contributed by atoms with Crippen molar-refractivity contribution in [3.8, 4) is 12.0 Å². The minimum atomic E-state index is -4.02. The van der Waals surface area contributed by atoms with Gasteiger partial charge >= 0.3 is 18.1 Å². The van der Waals surface area contributed by atoms with Crippen molar-refractivity contribution >= 4 is 49.3 Å². The Morgan fingerprint density at radius 1 is 1.22 bits per heavy atom. The third kappa shape index (κ3) is 4.27. The minimum absolute atomic E-state index is 0.0292. The summed E-state index contributed by atoms with van der Waals surface area (Å²) in [5.74, 6) is -0.230. The molecule has 0 aliphatic rings. The van der Waals surface area contributed by atoms with E-state index < -0.39 is 16.1 Å². The highest BCUT2D eigenvalue weighted by Gasteiger charge is 2.22. The molecule has 0 unspecified atom stereocenters. The number of ether oxygens (including phenoxy) is 2. The molecule has 2 amide bonds. The fourth-order valence-electron chi connectivity index (χ4n) is 1.34. The second-order valence-electron chi connectivity index (χ2n) is 3.75. The number of anilines is 1. The molecule has 0 bridgehead atoms. The Kier molecular flexibility index (Phi) is 5.33. The number of rotatable bonds is 5. The van der Waals surface area contributed by atoms with E-state index in [9.17, 15) is 13.2 Å². The number of hydrogen-bond donors (Lipinski definition) is 2. The van der Waals surface area contributed by atoms with Gasteiger partial charge in [-0.1, -0.05) is 0 Å². The number of amides is 2. The summed E-state index contributed by atoms with van der Waals surface area (Å²) in [6.45, 7) is 0. The summed E-state index contributed by atoms with van der Waals surface area (Å²) >= 11 is 4.05. The van der Waals surface area contributed by atoms with E-state index in [1.165, 1.54) is 14.2 Å². The first-order valence-corrected chi connectivity index (χ1v) is 8.92. The third-order valence-corrected chi connectivity index (χ3v) is 6.24. The lowest BCUT2D eigenvalue weighted by molar-refractivity contribution is 0.256. The Morgan fingerprint density at radius 3 is 2.30 bits per heavy atom. The number of aromatic nitrogens is 3. The van der Waals surface area contributed by atoms with Crippen LogP contribution < -0.4 is 19.5 Å². The van der Waals surface area contributed by atoms with Gasteiger partial charge in [-0.25, -0.2) is 17.9 Å². The zero-order valence-electron chi connectivity index (χ0n) is 11.7. The van der Waals surface area contributed by atoms with Crippen LogP contribution in [0.4, 0.5) is 10.7 Å². The Balaban J connectivity index is 2.15. The molecule has 13 heteroatoms. The highest BCUT2D eigenvalue weighted by molar-refractivity contribution is 9.10. The van der Waals surface area contributed by atoms with Crippen LogP contribution in [-0.2, 0) is 10.0 Å². The molecule has 0 aliphatic heterocycles. The van der Waals surface area contributed by atoms with Crippen molar-refractivity contribution < 1.29 is 22.7 Å². The lowest BCUT2D eigenvalue weighted by Gasteiger charge is -2.08. The molecular formula is C10H10BrN5O5S2. The summed E-state index contributed by atoms with van der Waals surface area (Å²) in [4.78, 5) is 23.1. The van der Waals surface area contributed by atoms with E-state index in [1.807, 2.05) is 4.72 Å². The van der Waals surface area contributed by atoms with E-state index in [0.717, 1.165) is 11.3 Å². The molecule has 2 heterocycles. The molecule has 0 saturated carbocycles. The quantitative estimate of drug-likeness (QED) is 0.732. The van der Waals surface area contributed by atoms with Crippen LogP contribution in [0.15, 0.2) is 20.1 Å². The molecule has 0 aromatic carbocycles. The summed E-state index contributed by atoms with van der Waals surface area (Å²) in [6, 6.07) is 0.311. The molecule has 2 rings (SSSR count). The Labute approximate surface area is 143 Å². The van der Waals surface area contributed by atoms with Crippen molar-refractivity contribution in [1.29, 1.82) is 0 Å². The molecule has 0 fully saturated rings. The van der Waals surface area contributed by atoms with Crippen LogP contribution in [0.2, 0.25) is 0 Å². The van der Waals surface area contributed by atoms with Gasteiger partial charge in [0.05, 0.1) is 14.2 Å². The second-order valence-corrected chi connectivity index (χ2v) is 7.40. The van der Waals surface area contributed by atoms with Gasteiger partial charge in [-0.2, -0.15) is 9.97 Å². The largest absolute Gasteiger partial charge is 0.467 e. The summed E-state index contributed by atoms with van der Waals surface area (Å²) < 4.78 is 35.9. The number of thiophene rings is 1. The lowest BCUT2D eigenvalue weighted by Crippen LogP contribution is -2.34. The van der Waals surface area contributed by atoms with E-state index in [0.29, 0.717) is 4.47 Å². The molecule has 0 aliphatic carbocycles. The lowest BCUT2D eigenvalue weighted by atomic mass is 10.7. The third-order valence-electron chi connectivity index (χ3n) is 2.24. The maximum Gasteiger partial charge on any atom is 0.335 e. The standard InChI is InChI=1S/C10H10BrN5O5S2/c1-20-9-13-7(14-10(15-9)21-2)12-8(17)16-23(18,19)6-5(11)3-4-22-6/h3-4H,1-2H3,(H2,12,13,14,15,16,17). The molecule has 23 heavy (non-hydrogen) atoms. The van der Waals surface area contributed by atoms with Crippen LogP contribution in [0.1, 0.15) is 0 Å². The highest BCUT2D eigenvalue weighted by atomic mass is 79.9. The van der Waals surface area contributed by atoms with Gasteiger partial charge < -0.3 is 9.47 Å². The molecule has 0 spiro atoms. The molecule has 0 atom stereocenters. The van der Waals surface area contributed by atoms with Gasteiger partial charge in [0, 0.05) is 4.47 Å². The number of methoxy groups -OCH3 is 2. The maximum absolute atomic E-state index is 12.1. The van der Waals surface area contributed by atoms with Crippen LogP contribution in [0.25, 0.3) is 0 Å². The van der Waals surface area contributed by atoms with Gasteiger partial charge in [-0.05, 0) is 27.4 Å². The first kappa shape index (κ1) is 17.4. The highest BCUT2D eigenvalue weighted by Crippen LogP contribution is 2.27. The summed E-state index contributed by atoms with van der Waals surface area (Å²) in [5, 5.41) is 3.73. The number of nitrogens with zero attached hydrogens (tertiary/aromatic N) is 3. The van der Waals surface area contributed by atoms with E-state index in [2.05, 4.69) is 36.2 Å². The van der Waals surface area contributed by atoms with Crippen LogP contribution in [0.3, 0.4) is 0 Å². The van der Waals surface area contributed by atoms with Crippen molar-refractivity contribution in [2.75, 3.05) is 19.5 Å². The fourth-order valence-corrected chi connectivity index (χ4v) is 4.59. The van der Waals surface area contributed by atoms with Gasteiger partial charge in [-0.3, -0.25) is 5.32 Å². The minimum Gasteiger partial charge on any atom is -0.467 e. The van der Waals surface area contributed by atoms with Gasteiger partial charge in [0.1, 0.15) is 0 Å². The molecule has 124 valence electrons. The predicted octanol–water partition coefficient (Wildman–Crippen LogP) is 1.22. The summed E-state index contributed by atoms with van der Waals surface area (Å²) in [7, 11) is -1.39. The maximum atomic E-state index is 12.1. The molecule has 0 saturated heterocycles. The van der Waals surface area contributed by atoms with Crippen molar-refractivity contribution in [2.45, 2.75) is 4.21 Å². The van der Waals surface area contributed by atoms with Crippen molar-refractivity contribution in [2.24, 2.45) is 0 Å². The predicted molar refractivity (Wildman–Crippen MR) is 84.3 cm³/mol. The number of nitrogens with one attached hydrogen (secondary N) is 2. The van der Waals surface area contributed by atoms with Gasteiger partial charge in [-0.15, -0.1) is 16.3 Å². The molecular weight excluding hydrogens is 414 g/mol. The van der Waals surface area contributed by atoms with Crippen LogP contribution in [0.5, 0.6) is 12.0 Å². The van der Waals surface area contributed by atoms with Gasteiger partial charge in [0.25, 0.3) is 10.0 Å². The number of sulfonamides is 1. The normalized spacial score (nSPS) is 10.9. The van der Waals surface area contributed by atoms with E-state index in [-0.39, 0.29) is 22.2 Å². The molecule has 10 nitrogen and oxygen atoms in total. The van der Waals surface area contributed by atoms with Crippen molar-refractivity contribution in [3.05, 3.63) is 15.9 Å². The fraction of sp³-hybridized carbons (Fsp3) is 0.200. The first-order valence-electron chi connectivity index (χ1n) is 5.76. The van der Waals surface area contributed by atoms with Gasteiger partial charge in [0.15, 0.2) is 4.21 Å².